The van der Waals surface area contributed by atoms with E-state index in [9.17, 15) is 9.50 Å². The highest BCUT2D eigenvalue weighted by atomic mass is 35.5. The molecule has 3 nitrogen and oxygen atoms in total. The second-order valence-corrected chi connectivity index (χ2v) is 4.03. The number of rotatable bonds is 2. The van der Waals surface area contributed by atoms with Crippen LogP contribution in [0.4, 0.5) is 4.39 Å². The van der Waals surface area contributed by atoms with Gasteiger partial charge in [-0.3, -0.25) is 0 Å². The lowest BCUT2D eigenvalue weighted by molar-refractivity contribution is 0.209. The molecule has 1 heterocycles. The van der Waals surface area contributed by atoms with Gasteiger partial charge in [0.25, 0.3) is 0 Å². The van der Waals surface area contributed by atoms with Crippen LogP contribution in [0.25, 0.3) is 0 Å². The van der Waals surface area contributed by atoms with E-state index in [-0.39, 0.29) is 10.6 Å². The summed E-state index contributed by atoms with van der Waals surface area (Å²) in [5.41, 5.74) is 0.506. The molecular formula is C12H10ClFN2O. The standard InChI is InChI=1S/C12H10ClFN2O/c1-7-15-5-4-11(16-7)12(17)9-3-2-8(13)6-10(9)14/h2-6,12,17H,1H3. The largest absolute Gasteiger partial charge is 0.382 e. The number of halogens is 2. The van der Waals surface area contributed by atoms with Crippen molar-refractivity contribution in [3.63, 3.8) is 0 Å². The van der Waals surface area contributed by atoms with E-state index in [1.165, 1.54) is 18.3 Å². The van der Waals surface area contributed by atoms with Crippen molar-refractivity contribution in [2.75, 3.05) is 0 Å². The van der Waals surface area contributed by atoms with Crippen LogP contribution in [0.5, 0.6) is 0 Å². The third-order valence-electron chi connectivity index (χ3n) is 2.33. The first-order valence-corrected chi connectivity index (χ1v) is 5.38. The third-order valence-corrected chi connectivity index (χ3v) is 2.57. The lowest BCUT2D eigenvalue weighted by Crippen LogP contribution is -2.06. The van der Waals surface area contributed by atoms with Crippen LogP contribution < -0.4 is 0 Å². The summed E-state index contributed by atoms with van der Waals surface area (Å²) in [5.74, 6) is -0.0304. The predicted molar refractivity (Wildman–Crippen MR) is 62.2 cm³/mol. The first kappa shape index (κ1) is 12.0. The summed E-state index contributed by atoms with van der Waals surface area (Å²) in [7, 11) is 0. The Morgan fingerprint density at radius 3 is 2.76 bits per heavy atom. The van der Waals surface area contributed by atoms with E-state index in [4.69, 9.17) is 11.6 Å². The molecule has 0 saturated heterocycles. The molecule has 1 aromatic heterocycles. The molecule has 88 valence electrons. The van der Waals surface area contributed by atoms with Crippen molar-refractivity contribution in [1.82, 2.24) is 9.97 Å². The zero-order valence-corrected chi connectivity index (χ0v) is 9.82. The highest BCUT2D eigenvalue weighted by molar-refractivity contribution is 6.30. The summed E-state index contributed by atoms with van der Waals surface area (Å²) in [5, 5.41) is 10.3. The molecule has 0 aliphatic carbocycles. The lowest BCUT2D eigenvalue weighted by Gasteiger charge is -2.11. The molecule has 1 aromatic carbocycles. The number of nitrogens with zero attached hydrogens (tertiary/aromatic N) is 2. The summed E-state index contributed by atoms with van der Waals surface area (Å²) in [6, 6.07) is 5.68. The van der Waals surface area contributed by atoms with Crippen LogP contribution in [0, 0.1) is 12.7 Å². The van der Waals surface area contributed by atoms with Crippen LogP contribution in [0.3, 0.4) is 0 Å². The molecule has 0 saturated carbocycles. The van der Waals surface area contributed by atoms with E-state index in [2.05, 4.69) is 9.97 Å². The average Bonchev–Trinajstić information content (AvgIpc) is 2.28. The van der Waals surface area contributed by atoms with Crippen molar-refractivity contribution < 1.29 is 9.50 Å². The number of aliphatic hydroxyl groups is 1. The molecule has 0 aliphatic rings. The van der Waals surface area contributed by atoms with E-state index in [0.717, 1.165) is 6.07 Å². The summed E-state index contributed by atoms with van der Waals surface area (Å²) in [6.45, 7) is 1.70. The molecule has 0 aliphatic heterocycles. The highest BCUT2D eigenvalue weighted by Gasteiger charge is 2.16. The van der Waals surface area contributed by atoms with Crippen LogP contribution in [-0.2, 0) is 0 Å². The van der Waals surface area contributed by atoms with Gasteiger partial charge in [-0.1, -0.05) is 17.7 Å². The number of aromatic nitrogens is 2. The van der Waals surface area contributed by atoms with Crippen LogP contribution in [0.15, 0.2) is 30.5 Å². The quantitative estimate of drug-likeness (QED) is 0.894. The van der Waals surface area contributed by atoms with E-state index in [1.54, 1.807) is 13.0 Å². The Morgan fingerprint density at radius 1 is 1.35 bits per heavy atom. The van der Waals surface area contributed by atoms with Crippen LogP contribution >= 0.6 is 11.6 Å². The van der Waals surface area contributed by atoms with E-state index >= 15 is 0 Å². The second kappa shape index (κ2) is 4.77. The van der Waals surface area contributed by atoms with E-state index < -0.39 is 11.9 Å². The molecule has 2 rings (SSSR count). The fraction of sp³-hybridized carbons (Fsp3) is 0.167. The van der Waals surface area contributed by atoms with Crippen molar-refractivity contribution >= 4 is 11.6 Å². The monoisotopic (exact) mass is 252 g/mol. The molecule has 2 aromatic rings. The van der Waals surface area contributed by atoms with Crippen LogP contribution in [0.2, 0.25) is 5.02 Å². The molecule has 0 amide bonds. The minimum Gasteiger partial charge on any atom is -0.382 e. The first-order chi connectivity index (χ1) is 8.08. The number of hydrogen-bond donors (Lipinski definition) is 1. The van der Waals surface area contributed by atoms with Crippen molar-refractivity contribution in [2.45, 2.75) is 13.0 Å². The fourth-order valence-electron chi connectivity index (χ4n) is 1.51. The molecule has 17 heavy (non-hydrogen) atoms. The summed E-state index contributed by atoms with van der Waals surface area (Å²) in [6.07, 6.45) is 0.406. The Bertz CT molecular complexity index is 548. The SMILES string of the molecule is Cc1nccc(C(O)c2ccc(Cl)cc2F)n1. The summed E-state index contributed by atoms with van der Waals surface area (Å²) in [4.78, 5) is 7.97. The lowest BCUT2D eigenvalue weighted by atomic mass is 10.1. The Hall–Kier alpha value is -1.52. The zero-order chi connectivity index (χ0) is 12.4. The van der Waals surface area contributed by atoms with Crippen LogP contribution in [-0.4, -0.2) is 15.1 Å². The van der Waals surface area contributed by atoms with E-state index in [0.29, 0.717) is 11.5 Å². The molecular weight excluding hydrogens is 243 g/mol. The fourth-order valence-corrected chi connectivity index (χ4v) is 1.67. The normalized spacial score (nSPS) is 12.5. The van der Waals surface area contributed by atoms with Gasteiger partial charge in [0.05, 0.1) is 5.69 Å². The predicted octanol–water partition coefficient (Wildman–Crippen LogP) is 2.66. The van der Waals surface area contributed by atoms with Gasteiger partial charge in [-0.05, 0) is 25.1 Å². The van der Waals surface area contributed by atoms with Gasteiger partial charge in [-0.15, -0.1) is 0 Å². The Kier molecular flexibility index (Phi) is 3.36. The molecule has 0 fully saturated rings. The number of benzene rings is 1. The molecule has 1 unspecified atom stereocenters. The third kappa shape index (κ3) is 2.60. The number of aryl methyl sites for hydroxylation is 1. The maximum absolute atomic E-state index is 13.6. The molecule has 0 bridgehead atoms. The molecule has 5 heteroatoms. The van der Waals surface area contributed by atoms with Gasteiger partial charge in [0.15, 0.2) is 0 Å². The summed E-state index contributed by atoms with van der Waals surface area (Å²) < 4.78 is 13.6. The second-order valence-electron chi connectivity index (χ2n) is 3.60. The van der Waals surface area contributed by atoms with Gasteiger partial charge in [0.1, 0.15) is 17.7 Å². The molecule has 0 spiro atoms. The van der Waals surface area contributed by atoms with Gasteiger partial charge < -0.3 is 5.11 Å². The molecule has 1 atom stereocenters. The van der Waals surface area contributed by atoms with Crippen LogP contribution in [0.1, 0.15) is 23.2 Å². The maximum atomic E-state index is 13.6. The van der Waals surface area contributed by atoms with Crippen molar-refractivity contribution in [1.29, 1.82) is 0 Å². The smallest absolute Gasteiger partial charge is 0.130 e. The van der Waals surface area contributed by atoms with Gasteiger partial charge >= 0.3 is 0 Å². The Morgan fingerprint density at radius 2 is 2.12 bits per heavy atom. The summed E-state index contributed by atoms with van der Waals surface area (Å²) >= 11 is 5.65. The zero-order valence-electron chi connectivity index (χ0n) is 9.06. The molecule has 1 N–H and O–H groups in total. The van der Waals surface area contributed by atoms with Crippen molar-refractivity contribution in [3.05, 3.63) is 58.4 Å². The van der Waals surface area contributed by atoms with Gasteiger partial charge in [0.2, 0.25) is 0 Å². The molecule has 0 radical (unpaired) electrons. The van der Waals surface area contributed by atoms with Gasteiger partial charge in [-0.25, -0.2) is 14.4 Å². The van der Waals surface area contributed by atoms with Crippen molar-refractivity contribution in [2.24, 2.45) is 0 Å². The van der Waals surface area contributed by atoms with E-state index in [1.807, 2.05) is 0 Å². The minimum absolute atomic E-state index is 0.146. The Labute approximate surface area is 103 Å². The highest BCUT2D eigenvalue weighted by Crippen LogP contribution is 2.24. The number of aliphatic hydroxyl groups excluding tert-OH is 1. The van der Waals surface area contributed by atoms with Gasteiger partial charge in [0, 0.05) is 16.8 Å². The topological polar surface area (TPSA) is 46.0 Å². The van der Waals surface area contributed by atoms with Gasteiger partial charge in [-0.2, -0.15) is 0 Å². The maximum Gasteiger partial charge on any atom is 0.130 e. The number of hydrogen-bond acceptors (Lipinski definition) is 3. The average molecular weight is 253 g/mol. The van der Waals surface area contributed by atoms with Crippen molar-refractivity contribution in [3.8, 4) is 0 Å². The Balaban J connectivity index is 2.40. The minimum atomic E-state index is -1.12. The first-order valence-electron chi connectivity index (χ1n) is 5.00.